The van der Waals surface area contributed by atoms with Crippen LogP contribution in [0.1, 0.15) is 0 Å². The fourth-order valence-corrected chi connectivity index (χ4v) is 7.49. The molecule has 128 valence electrons. The third kappa shape index (κ3) is 1.35. The molecule has 0 fully saturated rings. The molecule has 0 spiro atoms. The summed E-state index contributed by atoms with van der Waals surface area (Å²) in [6, 6.07) is 22.7. The van der Waals surface area contributed by atoms with Crippen LogP contribution < -0.4 is 0 Å². The number of rotatable bonds is 0. The molecule has 4 aromatic carbocycles. The Bertz CT molecular complexity index is 1780. The fourth-order valence-electron chi connectivity index (χ4n) is 5.56. The zero-order valence-electron chi connectivity index (χ0n) is 14.7. The van der Waals surface area contributed by atoms with Crippen molar-refractivity contribution < 1.29 is 0 Å². The third-order valence-electron chi connectivity index (χ3n) is 6.50. The number of hydrogen-bond acceptors (Lipinski definition) is 2. The zero-order valence-corrected chi connectivity index (χ0v) is 16.4. The van der Waals surface area contributed by atoms with Gasteiger partial charge in [0.1, 0.15) is 0 Å². The second kappa shape index (κ2) is 4.54. The van der Waals surface area contributed by atoms with Crippen LogP contribution in [-0.4, -0.2) is 0 Å². The highest BCUT2D eigenvalue weighted by Crippen LogP contribution is 2.40. The van der Waals surface area contributed by atoms with Crippen LogP contribution in [0.3, 0.4) is 0 Å². The first-order valence-electron chi connectivity index (χ1n) is 9.53. The van der Waals surface area contributed by atoms with E-state index in [9.17, 15) is 0 Å². The highest BCUT2D eigenvalue weighted by molar-refractivity contribution is 7.08. The predicted octanol–water partition coefficient (Wildman–Crippen LogP) is 7.04. The topological polar surface area (TPSA) is 0 Å². The third-order valence-corrected chi connectivity index (χ3v) is 8.37. The van der Waals surface area contributed by atoms with Crippen molar-refractivity contribution >= 4 is 55.0 Å². The van der Waals surface area contributed by atoms with E-state index in [0.717, 1.165) is 0 Å². The lowest BCUT2D eigenvalue weighted by Crippen LogP contribution is -1.87. The van der Waals surface area contributed by atoms with Gasteiger partial charge in [-0.25, -0.2) is 0 Å². The zero-order chi connectivity index (χ0) is 18.0. The molecule has 2 aliphatic carbocycles. The van der Waals surface area contributed by atoms with E-state index in [4.69, 9.17) is 0 Å². The molecule has 6 aromatic rings. The molecular weight excluding hydrogens is 376 g/mol. The number of thiophene rings is 2. The average molecular weight is 389 g/mol. The smallest absolute Gasteiger partial charge is 0.0434 e. The summed E-state index contributed by atoms with van der Waals surface area (Å²) in [5.41, 5.74) is 0. The molecule has 2 aromatic heterocycles. The van der Waals surface area contributed by atoms with Crippen LogP contribution in [0.4, 0.5) is 0 Å². The summed E-state index contributed by atoms with van der Waals surface area (Å²) in [7, 11) is 0. The summed E-state index contributed by atoms with van der Waals surface area (Å²) < 4.78 is 2.88. The molecule has 0 aliphatic heterocycles. The van der Waals surface area contributed by atoms with E-state index in [1.54, 1.807) is 0 Å². The van der Waals surface area contributed by atoms with Gasteiger partial charge in [-0.3, -0.25) is 0 Å². The van der Waals surface area contributed by atoms with Crippen molar-refractivity contribution in [2.24, 2.45) is 0 Å². The van der Waals surface area contributed by atoms with E-state index in [1.165, 1.54) is 72.7 Å². The maximum Gasteiger partial charge on any atom is 0.0434 e. The number of benzene rings is 4. The molecule has 0 saturated carbocycles. The summed E-state index contributed by atoms with van der Waals surface area (Å²) in [6.45, 7) is 0. The highest BCUT2D eigenvalue weighted by Gasteiger charge is 2.20. The first-order valence-corrected chi connectivity index (χ1v) is 11.3. The minimum absolute atomic E-state index is 1.39. The number of fused-ring (bicyclic) bond motifs is 8. The monoisotopic (exact) mass is 388 g/mol. The molecule has 0 radical (unpaired) electrons. The molecule has 0 atom stereocenters. The van der Waals surface area contributed by atoms with Crippen molar-refractivity contribution in [1.29, 1.82) is 0 Å². The second-order valence-corrected chi connectivity index (χ2v) is 9.50. The van der Waals surface area contributed by atoms with Crippen LogP contribution in [0, 0.1) is 40.4 Å². The van der Waals surface area contributed by atoms with Gasteiger partial charge in [0, 0.05) is 40.7 Å². The molecule has 2 heteroatoms. The van der Waals surface area contributed by atoms with Gasteiger partial charge in [-0.15, -0.1) is 22.7 Å². The summed E-state index contributed by atoms with van der Waals surface area (Å²) in [5.74, 6) is 0. The molecule has 2 heterocycles. The summed E-state index contributed by atoms with van der Waals surface area (Å²) in [5, 5.41) is 21.7. The van der Waals surface area contributed by atoms with Crippen LogP contribution in [0.2, 0.25) is 0 Å². The van der Waals surface area contributed by atoms with Crippen LogP contribution in [0.25, 0.3) is 32.3 Å². The second-order valence-electron chi connectivity index (χ2n) is 7.67. The van der Waals surface area contributed by atoms with Gasteiger partial charge in [0.15, 0.2) is 0 Å². The SMILES string of the molecule is c1ccc2c3c4c(c5ccccc5c5c4c(c2c1)=c1ccsc1=5)=c1sccc1=3. The van der Waals surface area contributed by atoms with Gasteiger partial charge < -0.3 is 0 Å². The van der Waals surface area contributed by atoms with Gasteiger partial charge in [-0.2, -0.15) is 0 Å². The van der Waals surface area contributed by atoms with E-state index in [-0.39, 0.29) is 0 Å². The fraction of sp³-hybridized carbons (Fsp3) is 0. The van der Waals surface area contributed by atoms with E-state index < -0.39 is 0 Å². The predicted molar refractivity (Wildman–Crippen MR) is 118 cm³/mol. The molecule has 28 heavy (non-hydrogen) atoms. The minimum atomic E-state index is 1.39. The lowest BCUT2D eigenvalue weighted by molar-refractivity contribution is 1.63. The van der Waals surface area contributed by atoms with E-state index in [1.807, 2.05) is 22.7 Å². The largest absolute Gasteiger partial charge is 0.143 e. The lowest BCUT2D eigenvalue weighted by Gasteiger charge is -2.08. The minimum Gasteiger partial charge on any atom is -0.143 e. The first-order chi connectivity index (χ1) is 13.9. The van der Waals surface area contributed by atoms with Crippen LogP contribution in [0.5, 0.6) is 0 Å². The molecule has 0 saturated heterocycles. The van der Waals surface area contributed by atoms with Crippen molar-refractivity contribution in [3.05, 3.63) is 112 Å². The molecule has 8 rings (SSSR count). The van der Waals surface area contributed by atoms with Crippen LogP contribution in [-0.2, 0) is 0 Å². The first kappa shape index (κ1) is 14.1. The molecule has 0 nitrogen and oxygen atoms in total. The van der Waals surface area contributed by atoms with Crippen molar-refractivity contribution in [3.8, 4) is 0 Å². The van der Waals surface area contributed by atoms with Gasteiger partial charge in [0.2, 0.25) is 0 Å². The molecule has 0 bridgehead atoms. The van der Waals surface area contributed by atoms with Crippen molar-refractivity contribution in [1.82, 2.24) is 0 Å². The Morgan fingerprint density at radius 1 is 0.429 bits per heavy atom. The summed E-state index contributed by atoms with van der Waals surface area (Å²) in [4.78, 5) is 0. The van der Waals surface area contributed by atoms with Gasteiger partial charge in [0.05, 0.1) is 0 Å². The molecular formula is C26H12S2. The molecule has 0 amide bonds. The molecule has 2 aliphatic rings. The number of hydrogen-bond donors (Lipinski definition) is 0. The Hall–Kier alpha value is -2.94. The Morgan fingerprint density at radius 2 is 0.821 bits per heavy atom. The Kier molecular flexibility index (Phi) is 2.29. The van der Waals surface area contributed by atoms with Crippen molar-refractivity contribution in [3.63, 3.8) is 0 Å². The average Bonchev–Trinajstić information content (AvgIpc) is 3.48. The Balaban J connectivity index is 2.06. The quantitative estimate of drug-likeness (QED) is 0.244. The van der Waals surface area contributed by atoms with Gasteiger partial charge in [-0.1, -0.05) is 48.5 Å². The summed E-state index contributed by atoms with van der Waals surface area (Å²) >= 11 is 3.77. The van der Waals surface area contributed by atoms with Gasteiger partial charge in [-0.05, 0) is 54.9 Å². The Morgan fingerprint density at radius 3 is 1.25 bits per heavy atom. The van der Waals surface area contributed by atoms with Gasteiger partial charge in [0.25, 0.3) is 0 Å². The van der Waals surface area contributed by atoms with Crippen LogP contribution in [0.15, 0.2) is 71.4 Å². The molecule has 0 unspecified atom stereocenters. The van der Waals surface area contributed by atoms with Crippen molar-refractivity contribution in [2.75, 3.05) is 0 Å². The molecule has 0 N–H and O–H groups in total. The van der Waals surface area contributed by atoms with E-state index in [2.05, 4.69) is 71.4 Å². The van der Waals surface area contributed by atoms with Gasteiger partial charge >= 0.3 is 0 Å². The van der Waals surface area contributed by atoms with Crippen molar-refractivity contribution in [2.45, 2.75) is 0 Å². The summed E-state index contributed by atoms with van der Waals surface area (Å²) in [6.07, 6.45) is 0. The Labute approximate surface area is 166 Å². The van der Waals surface area contributed by atoms with E-state index in [0.29, 0.717) is 0 Å². The maximum absolute atomic E-state index is 2.32. The van der Waals surface area contributed by atoms with Crippen LogP contribution >= 0.6 is 22.7 Å². The highest BCUT2D eigenvalue weighted by atomic mass is 32.1. The van der Waals surface area contributed by atoms with E-state index >= 15 is 0 Å². The standard InChI is InChI=1S/C26H12S2/c1-2-6-14-13(5-1)19-17-9-11-27-25(17)21-15-7-3-4-8-16(15)22-24(23(19)21)20(14)18-10-12-28-26(18)22/h1-12H. The maximum atomic E-state index is 2.32. The normalized spacial score (nSPS) is 13.0. The lowest BCUT2D eigenvalue weighted by atomic mass is 9.94.